The molecule has 0 saturated carbocycles. The van der Waals surface area contributed by atoms with Crippen LogP contribution in [0.2, 0.25) is 5.02 Å². The third-order valence-electron chi connectivity index (χ3n) is 4.90. The van der Waals surface area contributed by atoms with Crippen LogP contribution < -0.4 is 5.32 Å². The van der Waals surface area contributed by atoms with Crippen molar-refractivity contribution in [2.24, 2.45) is 7.05 Å². The van der Waals surface area contributed by atoms with E-state index in [0.29, 0.717) is 23.8 Å². The van der Waals surface area contributed by atoms with Gasteiger partial charge >= 0.3 is 0 Å². The SMILES string of the molecule is Cn1ncc(Cl)c1C(=O)NC1CC(=O)N(Cc2cccc3ccccc23)C1. The number of rotatable bonds is 4. The van der Waals surface area contributed by atoms with Gasteiger partial charge < -0.3 is 10.2 Å². The number of aromatic nitrogens is 2. The number of aryl methyl sites for hydroxylation is 1. The predicted molar refractivity (Wildman–Crippen MR) is 103 cm³/mol. The molecule has 7 heteroatoms. The fourth-order valence-corrected chi connectivity index (χ4v) is 3.83. The highest BCUT2D eigenvalue weighted by molar-refractivity contribution is 6.33. The van der Waals surface area contributed by atoms with Crippen molar-refractivity contribution < 1.29 is 9.59 Å². The first-order valence-corrected chi connectivity index (χ1v) is 9.13. The van der Waals surface area contributed by atoms with Crippen molar-refractivity contribution in [3.05, 3.63) is 64.9 Å². The lowest BCUT2D eigenvalue weighted by Crippen LogP contribution is -2.38. The summed E-state index contributed by atoms with van der Waals surface area (Å²) >= 11 is 6.02. The fraction of sp³-hybridized carbons (Fsp3) is 0.250. The van der Waals surface area contributed by atoms with Gasteiger partial charge in [-0.2, -0.15) is 5.10 Å². The molecule has 1 fully saturated rings. The van der Waals surface area contributed by atoms with Crippen LogP contribution in [0.3, 0.4) is 0 Å². The normalized spacial score (nSPS) is 16.9. The van der Waals surface area contributed by atoms with Crippen molar-refractivity contribution in [1.82, 2.24) is 20.0 Å². The Balaban J connectivity index is 1.47. The Hall–Kier alpha value is -2.86. The summed E-state index contributed by atoms with van der Waals surface area (Å²) in [6.07, 6.45) is 1.72. The summed E-state index contributed by atoms with van der Waals surface area (Å²) in [6.45, 7) is 1.00. The van der Waals surface area contributed by atoms with E-state index < -0.39 is 0 Å². The summed E-state index contributed by atoms with van der Waals surface area (Å²) < 4.78 is 1.43. The molecule has 1 aromatic heterocycles. The molecule has 0 radical (unpaired) electrons. The minimum absolute atomic E-state index is 0.0318. The number of fused-ring (bicyclic) bond motifs is 1. The van der Waals surface area contributed by atoms with Crippen LogP contribution in [0.25, 0.3) is 10.8 Å². The van der Waals surface area contributed by atoms with E-state index in [9.17, 15) is 9.59 Å². The molecule has 27 heavy (non-hydrogen) atoms. The van der Waals surface area contributed by atoms with Crippen molar-refractivity contribution in [1.29, 1.82) is 0 Å². The number of halogens is 1. The van der Waals surface area contributed by atoms with E-state index in [1.54, 1.807) is 11.9 Å². The van der Waals surface area contributed by atoms with E-state index in [2.05, 4.69) is 28.6 Å². The second-order valence-corrected chi connectivity index (χ2v) is 7.16. The van der Waals surface area contributed by atoms with E-state index in [-0.39, 0.29) is 24.3 Å². The molecule has 138 valence electrons. The van der Waals surface area contributed by atoms with Gasteiger partial charge in [0.2, 0.25) is 5.91 Å². The average Bonchev–Trinajstić information content (AvgIpc) is 3.16. The average molecular weight is 383 g/mol. The molecule has 2 aromatic carbocycles. The zero-order chi connectivity index (χ0) is 19.0. The van der Waals surface area contributed by atoms with Gasteiger partial charge in [-0.25, -0.2) is 0 Å². The molecule has 2 amide bonds. The maximum absolute atomic E-state index is 12.5. The van der Waals surface area contributed by atoms with Gasteiger partial charge in [-0.1, -0.05) is 54.1 Å². The standard InChI is InChI=1S/C20H19ClN4O2/c1-24-19(17(21)10-22-24)20(27)23-15-9-18(26)25(12-15)11-14-7-4-6-13-5-2-3-8-16(13)14/h2-8,10,15H,9,11-12H2,1H3,(H,23,27). The summed E-state index contributed by atoms with van der Waals surface area (Å²) in [5.41, 5.74) is 1.40. The van der Waals surface area contributed by atoms with Crippen molar-refractivity contribution in [2.45, 2.75) is 19.0 Å². The van der Waals surface area contributed by atoms with Crippen molar-refractivity contribution in [3.63, 3.8) is 0 Å². The molecule has 0 aliphatic carbocycles. The lowest BCUT2D eigenvalue weighted by Gasteiger charge is -2.18. The summed E-state index contributed by atoms with van der Waals surface area (Å²) in [5.74, 6) is -0.283. The highest BCUT2D eigenvalue weighted by Crippen LogP contribution is 2.23. The minimum atomic E-state index is -0.315. The van der Waals surface area contributed by atoms with E-state index in [0.717, 1.165) is 16.3 Å². The third kappa shape index (κ3) is 3.40. The third-order valence-corrected chi connectivity index (χ3v) is 5.18. The number of carbonyl (C=O) groups excluding carboxylic acids is 2. The molecule has 1 N–H and O–H groups in total. The van der Waals surface area contributed by atoms with Gasteiger partial charge in [0.1, 0.15) is 5.69 Å². The van der Waals surface area contributed by atoms with Crippen molar-refractivity contribution in [3.8, 4) is 0 Å². The molecule has 1 saturated heterocycles. The van der Waals surface area contributed by atoms with Crippen LogP contribution in [0.15, 0.2) is 48.7 Å². The maximum atomic E-state index is 12.5. The Morgan fingerprint density at radius 2 is 2.04 bits per heavy atom. The summed E-state index contributed by atoms with van der Waals surface area (Å²) in [7, 11) is 1.66. The van der Waals surface area contributed by atoms with Gasteiger partial charge in [-0.15, -0.1) is 0 Å². The first-order valence-electron chi connectivity index (χ1n) is 8.75. The van der Waals surface area contributed by atoms with Crippen molar-refractivity contribution >= 4 is 34.2 Å². The molecule has 1 aliphatic rings. The Bertz CT molecular complexity index is 1000. The quantitative estimate of drug-likeness (QED) is 0.754. The van der Waals surface area contributed by atoms with Crippen LogP contribution in [-0.4, -0.2) is 39.1 Å². The fourth-order valence-electron chi connectivity index (χ4n) is 3.58. The van der Waals surface area contributed by atoms with E-state index >= 15 is 0 Å². The van der Waals surface area contributed by atoms with Crippen LogP contribution in [-0.2, 0) is 18.4 Å². The number of likely N-dealkylation sites (tertiary alicyclic amines) is 1. The van der Waals surface area contributed by atoms with E-state index in [1.807, 2.05) is 24.3 Å². The first kappa shape index (κ1) is 17.5. The van der Waals surface area contributed by atoms with Crippen LogP contribution >= 0.6 is 11.6 Å². The van der Waals surface area contributed by atoms with Crippen LogP contribution in [0, 0.1) is 0 Å². The highest BCUT2D eigenvalue weighted by Gasteiger charge is 2.31. The molecule has 1 unspecified atom stereocenters. The summed E-state index contributed by atoms with van der Waals surface area (Å²) in [5, 5.41) is 9.46. The summed E-state index contributed by atoms with van der Waals surface area (Å²) in [6, 6.07) is 14.0. The van der Waals surface area contributed by atoms with Gasteiger partial charge in [-0.05, 0) is 16.3 Å². The number of hydrogen-bond acceptors (Lipinski definition) is 3. The second kappa shape index (κ2) is 7.04. The lowest BCUT2D eigenvalue weighted by molar-refractivity contribution is -0.128. The number of carbonyl (C=O) groups is 2. The number of hydrogen-bond donors (Lipinski definition) is 1. The monoisotopic (exact) mass is 382 g/mol. The van der Waals surface area contributed by atoms with Crippen molar-refractivity contribution in [2.75, 3.05) is 6.54 Å². The second-order valence-electron chi connectivity index (χ2n) is 6.75. The Morgan fingerprint density at radius 1 is 1.26 bits per heavy atom. The molecule has 1 aliphatic heterocycles. The predicted octanol–water partition coefficient (Wildman–Crippen LogP) is 2.76. The smallest absolute Gasteiger partial charge is 0.271 e. The van der Waals surface area contributed by atoms with E-state index in [1.165, 1.54) is 10.9 Å². The van der Waals surface area contributed by atoms with Gasteiger partial charge in [0.25, 0.3) is 5.91 Å². The molecule has 0 spiro atoms. The Kier molecular flexibility index (Phi) is 4.58. The zero-order valence-corrected chi connectivity index (χ0v) is 15.6. The highest BCUT2D eigenvalue weighted by atomic mass is 35.5. The van der Waals surface area contributed by atoms with Gasteiger partial charge in [0, 0.05) is 26.6 Å². The molecule has 2 heterocycles. The summed E-state index contributed by atoms with van der Waals surface area (Å²) in [4.78, 5) is 26.7. The molecule has 1 atom stereocenters. The minimum Gasteiger partial charge on any atom is -0.346 e. The Labute approximate surface area is 161 Å². The van der Waals surface area contributed by atoms with Crippen LogP contribution in [0.5, 0.6) is 0 Å². The lowest BCUT2D eigenvalue weighted by atomic mass is 10.0. The molecule has 3 aromatic rings. The van der Waals surface area contributed by atoms with E-state index in [4.69, 9.17) is 11.6 Å². The van der Waals surface area contributed by atoms with Crippen LogP contribution in [0.4, 0.5) is 0 Å². The number of benzene rings is 2. The molecule has 6 nitrogen and oxygen atoms in total. The number of nitrogens with zero attached hydrogens (tertiary/aromatic N) is 3. The number of amides is 2. The van der Waals surface area contributed by atoms with Gasteiger partial charge in [-0.3, -0.25) is 14.3 Å². The molecule has 4 rings (SSSR count). The maximum Gasteiger partial charge on any atom is 0.271 e. The van der Waals surface area contributed by atoms with Crippen LogP contribution in [0.1, 0.15) is 22.5 Å². The first-order chi connectivity index (χ1) is 13.0. The largest absolute Gasteiger partial charge is 0.346 e. The van der Waals surface area contributed by atoms with Gasteiger partial charge in [0.15, 0.2) is 0 Å². The Morgan fingerprint density at radius 3 is 2.81 bits per heavy atom. The molecular formula is C20H19ClN4O2. The molecular weight excluding hydrogens is 364 g/mol. The zero-order valence-electron chi connectivity index (χ0n) is 14.9. The van der Waals surface area contributed by atoms with Gasteiger partial charge in [0.05, 0.1) is 17.3 Å². The molecule has 0 bridgehead atoms. The number of nitrogens with one attached hydrogen (secondary N) is 1. The topological polar surface area (TPSA) is 67.2 Å².